The Bertz CT molecular complexity index is 805. The number of rotatable bonds is 9. The van der Waals surface area contributed by atoms with E-state index in [1.165, 1.54) is 24.8 Å². The maximum atomic E-state index is 12.0. The second-order valence-electron chi connectivity index (χ2n) is 5.73. The van der Waals surface area contributed by atoms with E-state index in [-0.39, 0.29) is 25.2 Å². The van der Waals surface area contributed by atoms with Crippen molar-refractivity contribution in [1.82, 2.24) is 19.5 Å². The molecule has 10 heteroatoms. The van der Waals surface area contributed by atoms with Crippen molar-refractivity contribution in [3.05, 3.63) is 38.0 Å². The third-order valence-electron chi connectivity index (χ3n) is 3.76. The van der Waals surface area contributed by atoms with Gasteiger partial charge < -0.3 is 24.8 Å². The molecular weight excluding hydrogens is 345 g/mol. The van der Waals surface area contributed by atoms with Crippen molar-refractivity contribution in [2.45, 2.75) is 37.8 Å². The first-order chi connectivity index (χ1) is 11.7. The molecule has 0 fully saturated rings. The predicted molar refractivity (Wildman–Crippen MR) is 94.7 cm³/mol. The zero-order valence-electron chi connectivity index (χ0n) is 13.9. The minimum Gasteiger partial charge on any atom is -0.382 e. The maximum absolute atomic E-state index is 12.0. The van der Waals surface area contributed by atoms with Crippen LogP contribution >= 0.6 is 7.60 Å². The van der Waals surface area contributed by atoms with Gasteiger partial charge in [0.15, 0.2) is 16.8 Å². The molecule has 0 aliphatic carbocycles. The van der Waals surface area contributed by atoms with Crippen molar-refractivity contribution in [3.63, 3.8) is 0 Å². The van der Waals surface area contributed by atoms with E-state index in [4.69, 9.17) is 10.5 Å². The monoisotopic (exact) mass is 367 g/mol. The van der Waals surface area contributed by atoms with E-state index in [0.29, 0.717) is 11.2 Å². The molecule has 2 aromatic heterocycles. The third-order valence-corrected chi connectivity index (χ3v) is 5.29. The van der Waals surface area contributed by atoms with Crippen LogP contribution in [0.5, 0.6) is 0 Å². The summed E-state index contributed by atoms with van der Waals surface area (Å²) >= 11 is 0. The highest BCUT2D eigenvalue weighted by molar-refractivity contribution is 7.53. The predicted octanol–water partition coefficient (Wildman–Crippen LogP) is 1.84. The number of hydrogen-bond acceptors (Lipinski definition) is 6. The number of nitrogens with two attached hydrogens (primary N) is 1. The molecule has 0 aromatic carbocycles. The number of imidazole rings is 1. The van der Waals surface area contributed by atoms with Gasteiger partial charge in [0.1, 0.15) is 11.8 Å². The van der Waals surface area contributed by atoms with E-state index in [9.17, 15) is 14.4 Å². The summed E-state index contributed by atoms with van der Waals surface area (Å²) in [6.07, 6.45) is 5.17. The van der Waals surface area contributed by atoms with Crippen LogP contribution in [0.3, 0.4) is 0 Å². The summed E-state index contributed by atoms with van der Waals surface area (Å²) in [6, 6.07) is 0. The lowest BCUT2D eigenvalue weighted by Gasteiger charge is -2.35. The van der Waals surface area contributed by atoms with Gasteiger partial charge in [-0.15, -0.1) is 13.2 Å². The van der Waals surface area contributed by atoms with Crippen LogP contribution in [0.4, 0.5) is 5.82 Å². The summed E-state index contributed by atoms with van der Waals surface area (Å²) in [5.74, 6) is 0.264. The Labute approximate surface area is 145 Å². The highest BCUT2D eigenvalue weighted by Crippen LogP contribution is 2.56. The first kappa shape index (κ1) is 19.3. The molecule has 2 rings (SSSR count). The fourth-order valence-electron chi connectivity index (χ4n) is 2.66. The lowest BCUT2D eigenvalue weighted by atomic mass is 10.1. The highest BCUT2D eigenvalue weighted by atomic mass is 31.2. The van der Waals surface area contributed by atoms with Crippen molar-refractivity contribution < 1.29 is 19.1 Å². The first-order valence-corrected chi connectivity index (χ1v) is 9.22. The molecule has 25 heavy (non-hydrogen) atoms. The van der Waals surface area contributed by atoms with Gasteiger partial charge in [0.2, 0.25) is 0 Å². The topological polar surface area (TPSA) is 136 Å². The van der Waals surface area contributed by atoms with Gasteiger partial charge in [-0.25, -0.2) is 15.0 Å². The molecule has 2 heterocycles. The third kappa shape index (κ3) is 3.96. The van der Waals surface area contributed by atoms with Crippen molar-refractivity contribution in [1.29, 1.82) is 0 Å². The molecule has 0 saturated carbocycles. The molecule has 136 valence electrons. The van der Waals surface area contributed by atoms with Gasteiger partial charge >= 0.3 is 7.60 Å². The second-order valence-corrected chi connectivity index (χ2v) is 7.64. The largest absolute Gasteiger partial charge is 0.382 e. The Morgan fingerprint density at radius 1 is 1.36 bits per heavy atom. The van der Waals surface area contributed by atoms with Gasteiger partial charge in [0, 0.05) is 12.8 Å². The number of hydrogen-bond donors (Lipinski definition) is 3. The van der Waals surface area contributed by atoms with Crippen molar-refractivity contribution in [2.24, 2.45) is 0 Å². The quantitative estimate of drug-likeness (QED) is 0.451. The molecule has 0 aliphatic heterocycles. The zero-order chi connectivity index (χ0) is 18.7. The molecular formula is C15H22N5O4P. The Hall–Kier alpha value is -2.06. The average Bonchev–Trinajstić information content (AvgIpc) is 2.91. The average molecular weight is 367 g/mol. The van der Waals surface area contributed by atoms with Crippen LogP contribution in [-0.2, 0) is 15.8 Å². The molecule has 0 amide bonds. The van der Waals surface area contributed by atoms with Crippen LogP contribution in [0.15, 0.2) is 38.0 Å². The number of nitrogen functional groups attached to an aromatic ring is 1. The number of ether oxygens (including phenoxy) is 1. The highest BCUT2D eigenvalue weighted by Gasteiger charge is 2.47. The normalized spacial score (nSPS) is 13.7. The van der Waals surface area contributed by atoms with Gasteiger partial charge in [-0.2, -0.15) is 0 Å². The fraction of sp³-hybridized carbons (Fsp3) is 0.400. The van der Waals surface area contributed by atoms with E-state index in [1.807, 2.05) is 0 Å². The molecule has 9 nitrogen and oxygen atoms in total. The van der Waals surface area contributed by atoms with Crippen LogP contribution in [0, 0.1) is 0 Å². The Morgan fingerprint density at radius 3 is 2.56 bits per heavy atom. The van der Waals surface area contributed by atoms with E-state index < -0.39 is 19.0 Å². The molecule has 0 bridgehead atoms. The fourth-order valence-corrected chi connectivity index (χ4v) is 3.71. The lowest BCUT2D eigenvalue weighted by molar-refractivity contribution is -0.0497. The van der Waals surface area contributed by atoms with Crippen LogP contribution in [0.2, 0.25) is 0 Å². The number of aromatic nitrogens is 4. The van der Waals surface area contributed by atoms with E-state index in [2.05, 4.69) is 28.1 Å². The number of nitrogens with zero attached hydrogens (tertiary/aromatic N) is 4. The second kappa shape index (κ2) is 7.45. The van der Waals surface area contributed by atoms with Crippen LogP contribution < -0.4 is 5.73 Å². The van der Waals surface area contributed by atoms with Crippen molar-refractivity contribution in [3.8, 4) is 0 Å². The lowest BCUT2D eigenvalue weighted by Crippen LogP contribution is -2.36. The maximum Gasteiger partial charge on any atom is 0.357 e. The van der Waals surface area contributed by atoms with Crippen LogP contribution in [0.1, 0.15) is 19.8 Å². The van der Waals surface area contributed by atoms with E-state index in [0.717, 1.165) is 0 Å². The molecule has 0 radical (unpaired) electrons. The summed E-state index contributed by atoms with van der Waals surface area (Å²) in [5.41, 5.74) is 6.75. The van der Waals surface area contributed by atoms with Gasteiger partial charge in [-0.05, 0) is 6.92 Å². The Morgan fingerprint density at radius 2 is 2.00 bits per heavy atom. The summed E-state index contributed by atoms with van der Waals surface area (Å²) in [7, 11) is -4.57. The molecule has 0 aliphatic rings. The SMILES string of the molecule is C=CCC(CC=C)(O[C@H](C)Cn1cnc2c(N)ncnc21)P(=O)(O)O. The molecule has 1 atom stereocenters. The zero-order valence-corrected chi connectivity index (χ0v) is 14.8. The van der Waals surface area contributed by atoms with Gasteiger partial charge in [-0.1, -0.05) is 12.2 Å². The number of fused-ring (bicyclic) bond motifs is 1. The minimum absolute atomic E-state index is 0.00652. The van der Waals surface area contributed by atoms with Crippen LogP contribution in [0.25, 0.3) is 11.2 Å². The summed E-state index contributed by atoms with van der Waals surface area (Å²) in [5, 5.41) is -1.69. The molecule has 0 unspecified atom stereocenters. The molecule has 0 spiro atoms. The minimum atomic E-state index is -4.57. The van der Waals surface area contributed by atoms with Crippen molar-refractivity contribution in [2.75, 3.05) is 5.73 Å². The molecule has 0 saturated heterocycles. The van der Waals surface area contributed by atoms with E-state index in [1.54, 1.807) is 11.5 Å². The smallest absolute Gasteiger partial charge is 0.357 e. The first-order valence-electron chi connectivity index (χ1n) is 7.60. The van der Waals surface area contributed by atoms with Crippen molar-refractivity contribution >= 4 is 24.6 Å². The Balaban J connectivity index is 2.27. The van der Waals surface area contributed by atoms with E-state index >= 15 is 0 Å². The Kier molecular flexibility index (Phi) is 5.74. The van der Waals surface area contributed by atoms with Gasteiger partial charge in [0.05, 0.1) is 19.0 Å². The summed E-state index contributed by atoms with van der Waals surface area (Å²) < 4.78 is 19.6. The van der Waals surface area contributed by atoms with Gasteiger partial charge in [-0.3, -0.25) is 4.57 Å². The summed E-state index contributed by atoms with van der Waals surface area (Å²) in [4.78, 5) is 31.8. The molecule has 2 aromatic rings. The summed E-state index contributed by atoms with van der Waals surface area (Å²) in [6.45, 7) is 9.14. The van der Waals surface area contributed by atoms with Crippen LogP contribution in [-0.4, -0.2) is 40.8 Å². The number of anilines is 1. The standard InChI is InChI=1S/C15H22N5O4P/c1-4-6-15(7-5-2,25(21,22)23)24-11(3)8-20-10-19-12-13(16)17-9-18-14(12)20/h4-5,9-11H,1-2,6-8H2,3H3,(H2,16,17,18)(H2,21,22,23)/t11-/m1/s1. The molecule has 4 N–H and O–H groups in total. The van der Waals surface area contributed by atoms with Gasteiger partial charge in [0.25, 0.3) is 0 Å².